The summed E-state index contributed by atoms with van der Waals surface area (Å²) in [6, 6.07) is -1.22. The van der Waals surface area contributed by atoms with Gasteiger partial charge < -0.3 is 20.5 Å². The SMILES string of the molecule is [2H]C1C([2H])C([2H])(O)C([2H])CC1([2H])Nc1ncc2nc(Nc3c(F)cc(F)cc3F)n(C3CCOC3)c2n1. The minimum absolute atomic E-state index is 0.00491. The standard InChI is InChI=1S/C21H23F3N6O2/c22-11-7-15(23)18(16(24)8-11)28-21-27-17-9-25-20(26-12-1-3-14(31)4-2-12)29-19(17)30(21)13-5-6-32-10-13/h7-9,12-14,31H,1-6,10H2,(H,27,28)(H,25,26,29)/i1D,3D,4D,12D,14D. The van der Waals surface area contributed by atoms with Gasteiger partial charge in [0.15, 0.2) is 17.3 Å². The van der Waals surface area contributed by atoms with Gasteiger partial charge in [-0.25, -0.2) is 23.1 Å². The van der Waals surface area contributed by atoms with Gasteiger partial charge in [0.05, 0.1) is 27.7 Å². The Bertz CT molecular complexity index is 1320. The van der Waals surface area contributed by atoms with Gasteiger partial charge in [-0.2, -0.15) is 4.98 Å². The maximum absolute atomic E-state index is 14.3. The van der Waals surface area contributed by atoms with Gasteiger partial charge in [-0.05, 0) is 32.0 Å². The molecule has 6 atom stereocenters. The Hall–Kier alpha value is -2.92. The molecule has 0 amide bonds. The van der Waals surface area contributed by atoms with Gasteiger partial charge in [-0.15, -0.1) is 0 Å². The monoisotopic (exact) mass is 453 g/mol. The molecule has 1 saturated carbocycles. The van der Waals surface area contributed by atoms with E-state index in [0.29, 0.717) is 25.2 Å². The van der Waals surface area contributed by atoms with E-state index in [4.69, 9.17) is 11.6 Å². The van der Waals surface area contributed by atoms with Crippen molar-refractivity contribution in [3.8, 4) is 0 Å². The molecule has 2 fully saturated rings. The van der Waals surface area contributed by atoms with Crippen LogP contribution in [0.1, 0.15) is 44.9 Å². The van der Waals surface area contributed by atoms with Gasteiger partial charge >= 0.3 is 0 Å². The zero-order chi connectivity index (χ0) is 26.7. The van der Waals surface area contributed by atoms with E-state index in [1.54, 1.807) is 4.57 Å². The molecule has 32 heavy (non-hydrogen) atoms. The summed E-state index contributed by atoms with van der Waals surface area (Å²) in [5.41, 5.74) is -0.176. The molecule has 6 unspecified atom stereocenters. The number of ether oxygens (including phenoxy) is 1. The second-order valence-corrected chi connectivity index (χ2v) is 7.41. The molecule has 8 nitrogen and oxygen atoms in total. The highest BCUT2D eigenvalue weighted by Crippen LogP contribution is 2.32. The van der Waals surface area contributed by atoms with E-state index < -0.39 is 60.8 Å². The Morgan fingerprint density at radius 3 is 2.72 bits per heavy atom. The first-order valence-electron chi connectivity index (χ1n) is 12.7. The minimum atomic E-state index is -2.50. The summed E-state index contributed by atoms with van der Waals surface area (Å²) in [6.07, 6.45) is -6.01. The number of halogens is 3. The van der Waals surface area contributed by atoms with Crippen LogP contribution in [0.15, 0.2) is 18.3 Å². The van der Waals surface area contributed by atoms with E-state index in [1.807, 2.05) is 0 Å². The predicted octanol–water partition coefficient (Wildman–Crippen LogP) is 3.66. The molecule has 0 bridgehead atoms. The fourth-order valence-electron chi connectivity index (χ4n) is 3.66. The Balaban J connectivity index is 1.53. The zero-order valence-corrected chi connectivity index (χ0v) is 16.6. The summed E-state index contributed by atoms with van der Waals surface area (Å²) >= 11 is 0. The highest BCUT2D eigenvalue weighted by molar-refractivity contribution is 5.76. The number of hydrogen-bond acceptors (Lipinski definition) is 7. The number of hydrogen-bond donors (Lipinski definition) is 3. The van der Waals surface area contributed by atoms with Gasteiger partial charge in [0.1, 0.15) is 17.0 Å². The van der Waals surface area contributed by atoms with Crippen LogP contribution in [0.4, 0.5) is 30.8 Å². The van der Waals surface area contributed by atoms with Crippen LogP contribution < -0.4 is 10.6 Å². The molecule has 1 aromatic carbocycles. The smallest absolute Gasteiger partial charge is 0.224 e. The van der Waals surface area contributed by atoms with Crippen LogP contribution in [0.2, 0.25) is 0 Å². The molecule has 170 valence electrons. The topological polar surface area (TPSA) is 97.1 Å². The number of aliphatic hydroxyl groups is 1. The normalized spacial score (nSPS) is 37.3. The van der Waals surface area contributed by atoms with E-state index in [9.17, 15) is 18.3 Å². The third kappa shape index (κ3) is 4.09. The molecule has 11 heteroatoms. The Kier molecular flexibility index (Phi) is 4.22. The lowest BCUT2D eigenvalue weighted by atomic mass is 9.93. The summed E-state index contributed by atoms with van der Waals surface area (Å²) < 4.78 is 89.8. The van der Waals surface area contributed by atoms with Gasteiger partial charge in [0.2, 0.25) is 11.9 Å². The van der Waals surface area contributed by atoms with Gasteiger partial charge in [0.25, 0.3) is 0 Å². The number of nitrogens with one attached hydrogen (secondary N) is 2. The predicted molar refractivity (Wildman–Crippen MR) is 111 cm³/mol. The second-order valence-electron chi connectivity index (χ2n) is 7.41. The van der Waals surface area contributed by atoms with E-state index >= 15 is 0 Å². The quantitative estimate of drug-likeness (QED) is 0.542. The number of fused-ring (bicyclic) bond motifs is 1. The van der Waals surface area contributed by atoms with Crippen LogP contribution in [0, 0.1) is 17.5 Å². The molecular formula is C21H23F3N6O2. The molecule has 1 aliphatic heterocycles. The van der Waals surface area contributed by atoms with Crippen LogP contribution in [-0.4, -0.2) is 49.9 Å². The summed E-state index contributed by atoms with van der Waals surface area (Å²) in [5, 5.41) is 15.3. The lowest BCUT2D eigenvalue weighted by Crippen LogP contribution is -2.29. The first-order valence-corrected chi connectivity index (χ1v) is 9.92. The third-order valence-electron chi connectivity index (χ3n) is 5.21. The molecule has 0 radical (unpaired) electrons. The molecular weight excluding hydrogens is 425 g/mol. The highest BCUT2D eigenvalue weighted by atomic mass is 19.1. The first-order chi connectivity index (χ1) is 17.4. The molecule has 5 rings (SSSR count). The van der Waals surface area contributed by atoms with Crippen LogP contribution in [0.25, 0.3) is 11.2 Å². The number of anilines is 3. The molecule has 1 aliphatic carbocycles. The van der Waals surface area contributed by atoms with Crippen molar-refractivity contribution in [3.63, 3.8) is 0 Å². The molecule has 3 aromatic rings. The fraction of sp³-hybridized carbons (Fsp3) is 0.476. The van der Waals surface area contributed by atoms with Crippen LogP contribution in [0.3, 0.4) is 0 Å². The maximum Gasteiger partial charge on any atom is 0.224 e. The van der Waals surface area contributed by atoms with Gasteiger partial charge in [-0.3, -0.25) is 4.57 Å². The zero-order valence-electron chi connectivity index (χ0n) is 21.6. The number of rotatable bonds is 5. The molecule has 2 aromatic heterocycles. The lowest BCUT2D eigenvalue weighted by Gasteiger charge is -2.26. The molecule has 3 N–H and O–H groups in total. The summed E-state index contributed by atoms with van der Waals surface area (Å²) in [5.74, 6) is -3.54. The van der Waals surface area contributed by atoms with Crippen LogP contribution >= 0.6 is 0 Å². The third-order valence-corrected chi connectivity index (χ3v) is 5.21. The molecule has 0 spiro atoms. The largest absolute Gasteiger partial charge is 0.393 e. The van der Waals surface area contributed by atoms with E-state index in [-0.39, 0.29) is 35.7 Å². The lowest BCUT2D eigenvalue weighted by molar-refractivity contribution is 0.126. The van der Waals surface area contributed by atoms with Crippen LogP contribution in [0.5, 0.6) is 0 Å². The van der Waals surface area contributed by atoms with Crippen molar-refractivity contribution in [1.29, 1.82) is 0 Å². The average molecular weight is 453 g/mol. The number of aromatic nitrogens is 4. The summed E-state index contributed by atoms with van der Waals surface area (Å²) in [4.78, 5) is 12.8. The summed E-state index contributed by atoms with van der Waals surface area (Å²) in [7, 11) is 0. The minimum Gasteiger partial charge on any atom is -0.393 e. The second kappa shape index (κ2) is 8.55. The van der Waals surface area contributed by atoms with Crippen molar-refractivity contribution in [1.82, 2.24) is 19.5 Å². The van der Waals surface area contributed by atoms with Crippen molar-refractivity contribution in [2.45, 2.75) is 50.2 Å². The first kappa shape index (κ1) is 15.8. The number of nitrogens with zero attached hydrogens (tertiary/aromatic N) is 4. The van der Waals surface area contributed by atoms with Gasteiger partial charge in [0, 0.05) is 28.9 Å². The fourth-order valence-corrected chi connectivity index (χ4v) is 3.66. The Morgan fingerprint density at radius 2 is 1.97 bits per heavy atom. The highest BCUT2D eigenvalue weighted by Gasteiger charge is 2.27. The van der Waals surface area contributed by atoms with Crippen molar-refractivity contribution in [3.05, 3.63) is 35.8 Å². The Morgan fingerprint density at radius 1 is 1.16 bits per heavy atom. The molecule has 2 aliphatic rings. The Labute approximate surface area is 188 Å². The summed E-state index contributed by atoms with van der Waals surface area (Å²) in [6.45, 7) is 0.670. The van der Waals surface area contributed by atoms with E-state index in [1.165, 1.54) is 6.20 Å². The van der Waals surface area contributed by atoms with Crippen molar-refractivity contribution < 1.29 is 29.9 Å². The average Bonchev–Trinajstić information content (AvgIpc) is 3.46. The van der Waals surface area contributed by atoms with Gasteiger partial charge in [-0.1, -0.05) is 0 Å². The number of imidazole rings is 1. The van der Waals surface area contributed by atoms with Crippen molar-refractivity contribution in [2.24, 2.45) is 0 Å². The maximum atomic E-state index is 14.3. The molecule has 1 saturated heterocycles. The van der Waals surface area contributed by atoms with Crippen molar-refractivity contribution in [2.75, 3.05) is 23.8 Å². The van der Waals surface area contributed by atoms with E-state index in [0.717, 1.165) is 0 Å². The van der Waals surface area contributed by atoms with E-state index in [2.05, 4.69) is 25.6 Å². The number of benzene rings is 1. The molecule has 3 heterocycles. The van der Waals surface area contributed by atoms with Crippen molar-refractivity contribution >= 4 is 28.7 Å². The van der Waals surface area contributed by atoms with Crippen LogP contribution in [-0.2, 0) is 4.74 Å².